The second kappa shape index (κ2) is 3.53. The summed E-state index contributed by atoms with van der Waals surface area (Å²) in [7, 11) is 0. The molecule has 0 unspecified atom stereocenters. The number of pyridine rings is 1. The number of hydrogen-bond donors (Lipinski definition) is 2. The lowest BCUT2D eigenvalue weighted by atomic mass is 10.4. The van der Waals surface area contributed by atoms with Crippen molar-refractivity contribution in [2.45, 2.75) is 6.92 Å². The van der Waals surface area contributed by atoms with Gasteiger partial charge in [0.25, 0.3) is 0 Å². The molecule has 1 aromatic heterocycles. The van der Waals surface area contributed by atoms with Gasteiger partial charge in [0.05, 0.1) is 10.7 Å². The van der Waals surface area contributed by atoms with E-state index in [1.807, 2.05) is 0 Å². The van der Waals surface area contributed by atoms with E-state index in [2.05, 4.69) is 26.2 Å². The molecule has 4 nitrogen and oxygen atoms in total. The molecule has 0 aromatic carbocycles. The van der Waals surface area contributed by atoms with Crippen molar-refractivity contribution in [1.82, 2.24) is 4.98 Å². The third kappa shape index (κ3) is 2.20. The van der Waals surface area contributed by atoms with Crippen LogP contribution in [0, 0.1) is 0 Å². The molecule has 0 aliphatic rings. The summed E-state index contributed by atoms with van der Waals surface area (Å²) in [6.45, 7) is 1.39. The lowest BCUT2D eigenvalue weighted by Gasteiger charge is -2.02. The number of nitrogens with zero attached hydrogens (tertiary/aromatic N) is 1. The minimum Gasteiger partial charge on any atom is -0.506 e. The highest BCUT2D eigenvalue weighted by Crippen LogP contribution is 2.23. The number of aromatic hydroxyl groups is 1. The van der Waals surface area contributed by atoms with Crippen LogP contribution in [0.1, 0.15) is 6.92 Å². The van der Waals surface area contributed by atoms with Crippen LogP contribution in [0.4, 0.5) is 5.82 Å². The molecule has 64 valence electrons. The molecule has 0 fully saturated rings. The monoisotopic (exact) mass is 230 g/mol. The van der Waals surface area contributed by atoms with Crippen molar-refractivity contribution >= 4 is 27.7 Å². The minimum atomic E-state index is -0.200. The number of halogens is 1. The van der Waals surface area contributed by atoms with Crippen molar-refractivity contribution in [1.29, 1.82) is 0 Å². The van der Waals surface area contributed by atoms with Crippen LogP contribution >= 0.6 is 15.9 Å². The van der Waals surface area contributed by atoms with E-state index in [0.29, 0.717) is 10.3 Å². The molecular weight excluding hydrogens is 224 g/mol. The van der Waals surface area contributed by atoms with Gasteiger partial charge >= 0.3 is 0 Å². The number of carbonyl (C=O) groups excluding carboxylic acids is 1. The van der Waals surface area contributed by atoms with E-state index < -0.39 is 0 Å². The van der Waals surface area contributed by atoms with Crippen molar-refractivity contribution in [3.63, 3.8) is 0 Å². The smallest absolute Gasteiger partial charge is 0.222 e. The zero-order valence-corrected chi connectivity index (χ0v) is 7.92. The first-order chi connectivity index (χ1) is 5.59. The van der Waals surface area contributed by atoms with Crippen LogP contribution in [0.3, 0.4) is 0 Å². The van der Waals surface area contributed by atoms with Crippen molar-refractivity contribution in [2.24, 2.45) is 0 Å². The van der Waals surface area contributed by atoms with Crippen LogP contribution in [0.25, 0.3) is 0 Å². The highest BCUT2D eigenvalue weighted by Gasteiger charge is 2.02. The summed E-state index contributed by atoms with van der Waals surface area (Å²) in [6.07, 6.45) is 1.26. The Morgan fingerprint density at radius 2 is 2.42 bits per heavy atom. The third-order valence-electron chi connectivity index (χ3n) is 1.12. The molecule has 1 heterocycles. The summed E-state index contributed by atoms with van der Waals surface area (Å²) in [5.41, 5.74) is 0. The van der Waals surface area contributed by atoms with Gasteiger partial charge in [0.1, 0.15) is 11.6 Å². The summed E-state index contributed by atoms with van der Waals surface area (Å²) in [6, 6.07) is 1.46. The van der Waals surface area contributed by atoms with Crippen molar-refractivity contribution < 1.29 is 9.90 Å². The van der Waals surface area contributed by atoms with Crippen LogP contribution in [0.2, 0.25) is 0 Å². The highest BCUT2D eigenvalue weighted by molar-refractivity contribution is 9.10. The van der Waals surface area contributed by atoms with Crippen LogP contribution in [0.15, 0.2) is 16.7 Å². The van der Waals surface area contributed by atoms with Crippen LogP contribution in [-0.2, 0) is 4.79 Å². The summed E-state index contributed by atoms with van der Waals surface area (Å²) in [5, 5.41) is 11.5. The van der Waals surface area contributed by atoms with Gasteiger partial charge in [-0.05, 0) is 22.0 Å². The van der Waals surface area contributed by atoms with E-state index in [1.54, 1.807) is 0 Å². The van der Waals surface area contributed by atoms with Gasteiger partial charge in [-0.2, -0.15) is 0 Å². The van der Waals surface area contributed by atoms with Crippen molar-refractivity contribution in [3.05, 3.63) is 16.7 Å². The molecule has 0 bridgehead atoms. The molecule has 0 aliphatic carbocycles. The summed E-state index contributed by atoms with van der Waals surface area (Å²) in [5.74, 6) is 0.255. The average molecular weight is 231 g/mol. The average Bonchev–Trinajstić information content (AvgIpc) is 1.94. The quantitative estimate of drug-likeness (QED) is 0.769. The Kier molecular flexibility index (Phi) is 2.65. The zero-order valence-electron chi connectivity index (χ0n) is 6.34. The number of amides is 1. The number of nitrogens with one attached hydrogen (secondary N) is 1. The Balaban J connectivity index is 2.93. The fourth-order valence-electron chi connectivity index (χ4n) is 0.687. The highest BCUT2D eigenvalue weighted by atomic mass is 79.9. The first-order valence-electron chi connectivity index (χ1n) is 3.21. The first-order valence-corrected chi connectivity index (χ1v) is 4.01. The molecular formula is C7H7BrN2O2. The van der Waals surface area contributed by atoms with Crippen molar-refractivity contribution in [2.75, 3.05) is 5.32 Å². The summed E-state index contributed by atoms with van der Waals surface area (Å²) >= 11 is 3.14. The van der Waals surface area contributed by atoms with E-state index in [-0.39, 0.29) is 11.7 Å². The molecule has 2 N–H and O–H groups in total. The molecule has 0 saturated heterocycles. The Morgan fingerprint density at radius 1 is 1.75 bits per heavy atom. The second-order valence-corrected chi connectivity index (χ2v) is 3.06. The van der Waals surface area contributed by atoms with Crippen LogP contribution in [0.5, 0.6) is 5.75 Å². The largest absolute Gasteiger partial charge is 0.506 e. The van der Waals surface area contributed by atoms with Crippen LogP contribution < -0.4 is 5.32 Å². The number of aromatic nitrogens is 1. The Bertz CT molecular complexity index is 314. The number of rotatable bonds is 1. The standard InChI is InChI=1S/C7H7BrN2O2/c1-4(11)10-7-6(8)2-5(12)3-9-7/h2-3,12H,1H3,(H,9,10,11). The van der Waals surface area contributed by atoms with Gasteiger partial charge in [0.15, 0.2) is 0 Å². The molecule has 0 aliphatic heterocycles. The SMILES string of the molecule is CC(=O)Nc1ncc(O)cc1Br. The van der Waals surface area contributed by atoms with Gasteiger partial charge in [0, 0.05) is 6.92 Å². The predicted octanol–water partition coefficient (Wildman–Crippen LogP) is 1.51. The normalized spacial score (nSPS) is 9.50. The van der Waals surface area contributed by atoms with Gasteiger partial charge in [-0.3, -0.25) is 4.79 Å². The van der Waals surface area contributed by atoms with E-state index in [1.165, 1.54) is 19.2 Å². The Labute approximate surface area is 77.8 Å². The van der Waals surface area contributed by atoms with Crippen LogP contribution in [-0.4, -0.2) is 16.0 Å². The lowest BCUT2D eigenvalue weighted by Crippen LogP contribution is -2.07. The number of carbonyl (C=O) groups is 1. The molecule has 1 rings (SSSR count). The molecule has 5 heteroatoms. The van der Waals surface area contributed by atoms with Crippen molar-refractivity contribution in [3.8, 4) is 5.75 Å². The molecule has 0 atom stereocenters. The maximum Gasteiger partial charge on any atom is 0.222 e. The van der Waals surface area contributed by atoms with E-state index in [4.69, 9.17) is 5.11 Å². The molecule has 12 heavy (non-hydrogen) atoms. The summed E-state index contributed by atoms with van der Waals surface area (Å²) in [4.78, 5) is 14.4. The van der Waals surface area contributed by atoms with E-state index >= 15 is 0 Å². The molecule has 0 spiro atoms. The topological polar surface area (TPSA) is 62.2 Å². The Hall–Kier alpha value is -1.10. The fourth-order valence-corrected chi connectivity index (χ4v) is 1.12. The number of hydrogen-bond acceptors (Lipinski definition) is 3. The predicted molar refractivity (Wildman–Crippen MR) is 47.9 cm³/mol. The maximum absolute atomic E-state index is 10.6. The lowest BCUT2D eigenvalue weighted by molar-refractivity contribution is -0.114. The molecule has 0 radical (unpaired) electrons. The second-order valence-electron chi connectivity index (χ2n) is 2.21. The van der Waals surface area contributed by atoms with E-state index in [9.17, 15) is 4.79 Å². The minimum absolute atomic E-state index is 0.0518. The zero-order chi connectivity index (χ0) is 9.14. The Morgan fingerprint density at radius 3 is 2.92 bits per heavy atom. The first kappa shape index (κ1) is 8.99. The number of anilines is 1. The van der Waals surface area contributed by atoms with E-state index in [0.717, 1.165) is 0 Å². The third-order valence-corrected chi connectivity index (χ3v) is 1.73. The van der Waals surface area contributed by atoms with Gasteiger partial charge in [-0.1, -0.05) is 0 Å². The maximum atomic E-state index is 10.6. The van der Waals surface area contributed by atoms with Gasteiger partial charge in [0.2, 0.25) is 5.91 Å². The molecule has 1 aromatic rings. The van der Waals surface area contributed by atoms with Gasteiger partial charge < -0.3 is 10.4 Å². The molecule has 0 saturated carbocycles. The fraction of sp³-hybridized carbons (Fsp3) is 0.143. The van der Waals surface area contributed by atoms with Gasteiger partial charge in [-0.15, -0.1) is 0 Å². The summed E-state index contributed by atoms with van der Waals surface area (Å²) < 4.78 is 0.553. The van der Waals surface area contributed by atoms with Gasteiger partial charge in [-0.25, -0.2) is 4.98 Å². The molecule has 1 amide bonds.